The van der Waals surface area contributed by atoms with Crippen molar-refractivity contribution in [1.29, 1.82) is 0 Å². The predicted octanol–water partition coefficient (Wildman–Crippen LogP) is 0.590. The first-order valence-corrected chi connectivity index (χ1v) is 7.19. The molecule has 116 valence electrons. The molecule has 6 heteroatoms. The van der Waals surface area contributed by atoms with Gasteiger partial charge in [-0.1, -0.05) is 31.2 Å². The maximum atomic E-state index is 12.7. The topological polar surface area (TPSA) is 95.9 Å². The van der Waals surface area contributed by atoms with Crippen LogP contribution in [0.1, 0.15) is 36.2 Å². The van der Waals surface area contributed by atoms with Crippen molar-refractivity contribution in [2.45, 2.75) is 31.6 Å². The van der Waals surface area contributed by atoms with E-state index < -0.39 is 23.1 Å². The summed E-state index contributed by atoms with van der Waals surface area (Å²) in [5.41, 5.74) is -3.86. The highest BCUT2D eigenvalue weighted by Crippen LogP contribution is 2.51. The van der Waals surface area contributed by atoms with Crippen LogP contribution in [0.25, 0.3) is 0 Å². The van der Waals surface area contributed by atoms with Crippen LogP contribution in [0.2, 0.25) is 0 Å². The molecule has 6 nitrogen and oxygen atoms in total. The second-order valence-electron chi connectivity index (χ2n) is 5.35. The zero-order valence-corrected chi connectivity index (χ0v) is 12.3. The number of aliphatic hydroxyl groups is 2. The maximum absolute atomic E-state index is 12.7. The van der Waals surface area contributed by atoms with Gasteiger partial charge >= 0.3 is 5.97 Å². The van der Waals surface area contributed by atoms with E-state index in [2.05, 4.69) is 5.32 Å². The summed E-state index contributed by atoms with van der Waals surface area (Å²) in [5.74, 6) is -1.50. The van der Waals surface area contributed by atoms with Gasteiger partial charge in [-0.05, 0) is 13.3 Å². The summed E-state index contributed by atoms with van der Waals surface area (Å²) in [5, 5.41) is 24.7. The first-order chi connectivity index (χ1) is 10.4. The number of nitrogens with one attached hydrogen (secondary N) is 1. The Morgan fingerprint density at radius 2 is 1.95 bits per heavy atom. The van der Waals surface area contributed by atoms with E-state index in [4.69, 9.17) is 4.74 Å². The third-order valence-corrected chi connectivity index (χ3v) is 4.24. The number of ether oxygens (including phenoxy) is 1. The summed E-state index contributed by atoms with van der Waals surface area (Å²) in [6.45, 7) is 3.49. The molecule has 22 heavy (non-hydrogen) atoms. The Morgan fingerprint density at radius 3 is 2.59 bits per heavy atom. The van der Waals surface area contributed by atoms with Crippen molar-refractivity contribution in [2.75, 3.05) is 6.61 Å². The van der Waals surface area contributed by atoms with Crippen LogP contribution in [0.4, 0.5) is 0 Å². The van der Waals surface area contributed by atoms with Gasteiger partial charge in [0.05, 0.1) is 6.61 Å². The standard InChI is InChI=1S/C16H17NO5/c1-3-11-12(14(19)22-4-2)15(20)13(18)9-7-5-6-8-10(9)16(15,21)17-11/h5-8,17,20-21H,3-4H2,1-2H3/t15-,16-/m0/s1. The summed E-state index contributed by atoms with van der Waals surface area (Å²) >= 11 is 0. The van der Waals surface area contributed by atoms with Crippen LogP contribution in [0.3, 0.4) is 0 Å². The van der Waals surface area contributed by atoms with Crippen molar-refractivity contribution in [2.24, 2.45) is 0 Å². The minimum atomic E-state index is -2.37. The van der Waals surface area contributed by atoms with Gasteiger partial charge in [-0.3, -0.25) is 4.79 Å². The number of benzene rings is 1. The molecule has 0 radical (unpaired) electrons. The Balaban J connectivity index is 2.23. The van der Waals surface area contributed by atoms with Crippen molar-refractivity contribution in [3.63, 3.8) is 0 Å². The average molecular weight is 303 g/mol. The molecule has 1 aromatic rings. The molecule has 1 heterocycles. The molecule has 0 saturated heterocycles. The molecule has 0 amide bonds. The molecule has 0 saturated carbocycles. The number of fused-ring (bicyclic) bond motifs is 3. The monoisotopic (exact) mass is 303 g/mol. The van der Waals surface area contributed by atoms with Crippen molar-refractivity contribution in [1.82, 2.24) is 5.32 Å². The van der Waals surface area contributed by atoms with Gasteiger partial charge in [0.1, 0.15) is 5.57 Å². The molecule has 0 unspecified atom stereocenters. The van der Waals surface area contributed by atoms with Crippen LogP contribution in [0.5, 0.6) is 0 Å². The molecule has 1 aliphatic carbocycles. The Bertz CT molecular complexity index is 710. The highest BCUT2D eigenvalue weighted by atomic mass is 16.5. The van der Waals surface area contributed by atoms with Gasteiger partial charge in [-0.15, -0.1) is 0 Å². The molecule has 0 bridgehead atoms. The minimum absolute atomic E-state index is 0.106. The number of esters is 1. The van der Waals surface area contributed by atoms with Crippen LogP contribution in [-0.2, 0) is 15.3 Å². The molecule has 3 N–H and O–H groups in total. The zero-order chi connectivity index (χ0) is 16.1. The fourth-order valence-electron chi connectivity index (χ4n) is 3.24. The van der Waals surface area contributed by atoms with E-state index in [0.29, 0.717) is 12.1 Å². The number of allylic oxidation sites excluding steroid dienone is 1. The lowest BCUT2D eigenvalue weighted by molar-refractivity contribution is -0.146. The fourth-order valence-corrected chi connectivity index (χ4v) is 3.24. The van der Waals surface area contributed by atoms with E-state index in [9.17, 15) is 19.8 Å². The van der Waals surface area contributed by atoms with Gasteiger partial charge in [0, 0.05) is 16.8 Å². The van der Waals surface area contributed by atoms with E-state index in [1.165, 1.54) is 6.07 Å². The summed E-state index contributed by atoms with van der Waals surface area (Å²) in [7, 11) is 0. The first kappa shape index (κ1) is 14.7. The quantitative estimate of drug-likeness (QED) is 0.707. The van der Waals surface area contributed by atoms with E-state index in [1.807, 2.05) is 0 Å². The highest BCUT2D eigenvalue weighted by Gasteiger charge is 2.70. The van der Waals surface area contributed by atoms with Crippen LogP contribution in [0.15, 0.2) is 35.5 Å². The van der Waals surface area contributed by atoms with Crippen LogP contribution in [0, 0.1) is 0 Å². The summed E-state index contributed by atoms with van der Waals surface area (Å²) < 4.78 is 4.96. The predicted molar refractivity (Wildman–Crippen MR) is 76.7 cm³/mol. The zero-order valence-electron chi connectivity index (χ0n) is 12.3. The number of hydrogen-bond acceptors (Lipinski definition) is 6. The average Bonchev–Trinajstić information content (AvgIpc) is 2.84. The molecular weight excluding hydrogens is 286 g/mol. The summed E-state index contributed by atoms with van der Waals surface area (Å²) in [6, 6.07) is 6.37. The second-order valence-corrected chi connectivity index (χ2v) is 5.35. The minimum Gasteiger partial charge on any atom is -0.462 e. The van der Waals surface area contributed by atoms with E-state index >= 15 is 0 Å². The summed E-state index contributed by atoms with van der Waals surface area (Å²) in [6.07, 6.45) is 0.341. The number of carbonyl (C=O) groups excluding carboxylic acids is 2. The number of Topliss-reactive ketones (excluding diaryl/α,β-unsaturated/α-hetero) is 1. The largest absolute Gasteiger partial charge is 0.462 e. The van der Waals surface area contributed by atoms with E-state index in [-0.39, 0.29) is 23.3 Å². The van der Waals surface area contributed by atoms with Crippen LogP contribution >= 0.6 is 0 Å². The number of hydrogen-bond donors (Lipinski definition) is 3. The maximum Gasteiger partial charge on any atom is 0.339 e. The Hall–Kier alpha value is -2.18. The Kier molecular flexibility index (Phi) is 3.12. The number of rotatable bonds is 3. The smallest absolute Gasteiger partial charge is 0.339 e. The van der Waals surface area contributed by atoms with Crippen molar-refractivity contribution < 1.29 is 24.5 Å². The molecule has 1 aromatic carbocycles. The molecular formula is C16H17NO5. The third kappa shape index (κ3) is 1.51. The normalized spacial score (nSPS) is 29.2. The lowest BCUT2D eigenvalue weighted by Gasteiger charge is -2.31. The van der Waals surface area contributed by atoms with E-state index in [0.717, 1.165) is 0 Å². The Labute approximate surface area is 127 Å². The van der Waals surface area contributed by atoms with Gasteiger partial charge in [0.15, 0.2) is 0 Å². The first-order valence-electron chi connectivity index (χ1n) is 7.19. The van der Waals surface area contributed by atoms with Gasteiger partial charge < -0.3 is 20.3 Å². The number of ketones is 1. The van der Waals surface area contributed by atoms with Gasteiger partial charge in [-0.25, -0.2) is 4.79 Å². The van der Waals surface area contributed by atoms with Gasteiger partial charge in [-0.2, -0.15) is 0 Å². The second kappa shape index (κ2) is 4.66. The molecule has 2 atom stereocenters. The van der Waals surface area contributed by atoms with Crippen molar-refractivity contribution >= 4 is 11.8 Å². The lowest BCUT2D eigenvalue weighted by atomic mass is 9.85. The van der Waals surface area contributed by atoms with Gasteiger partial charge in [0.25, 0.3) is 0 Å². The van der Waals surface area contributed by atoms with E-state index in [1.54, 1.807) is 32.0 Å². The lowest BCUT2D eigenvalue weighted by Crippen LogP contribution is -2.56. The van der Waals surface area contributed by atoms with Crippen molar-refractivity contribution in [3.05, 3.63) is 46.7 Å². The molecule has 0 fully saturated rings. The molecule has 2 aliphatic rings. The highest BCUT2D eigenvalue weighted by molar-refractivity contribution is 6.16. The van der Waals surface area contributed by atoms with Crippen LogP contribution < -0.4 is 5.32 Å². The van der Waals surface area contributed by atoms with Crippen LogP contribution in [-0.4, -0.2) is 34.2 Å². The fraction of sp³-hybridized carbons (Fsp3) is 0.375. The SMILES string of the molecule is CCOC(=O)C1=C(CC)N[C@]2(O)c3ccccc3C(=O)[C@@]12O. The summed E-state index contributed by atoms with van der Waals surface area (Å²) in [4.78, 5) is 25.0. The van der Waals surface area contributed by atoms with Crippen molar-refractivity contribution in [3.8, 4) is 0 Å². The molecule has 0 spiro atoms. The number of carbonyl (C=O) groups is 2. The third-order valence-electron chi connectivity index (χ3n) is 4.24. The molecule has 0 aromatic heterocycles. The Morgan fingerprint density at radius 1 is 1.27 bits per heavy atom. The van der Waals surface area contributed by atoms with Gasteiger partial charge in [0.2, 0.25) is 17.1 Å². The molecule has 1 aliphatic heterocycles. The molecule has 3 rings (SSSR count).